The lowest BCUT2D eigenvalue weighted by Crippen LogP contribution is -2.47. The predicted molar refractivity (Wildman–Crippen MR) is 95.6 cm³/mol. The number of nitro benzene ring substituents is 1. The molecule has 0 aliphatic carbocycles. The van der Waals surface area contributed by atoms with Crippen LogP contribution in [0.2, 0.25) is 0 Å². The predicted octanol–water partition coefficient (Wildman–Crippen LogP) is 3.07. The van der Waals surface area contributed by atoms with E-state index in [1.807, 2.05) is 31.2 Å². The molecular formula is C18H18FN3O4. The molecule has 7 nitrogen and oxygen atoms in total. The van der Waals surface area contributed by atoms with E-state index in [1.54, 1.807) is 4.90 Å². The van der Waals surface area contributed by atoms with Crippen LogP contribution in [0.5, 0.6) is 0 Å². The number of hydrogen-bond donors (Lipinski definition) is 1. The Labute approximate surface area is 149 Å². The average molecular weight is 359 g/mol. The van der Waals surface area contributed by atoms with E-state index < -0.39 is 28.0 Å². The van der Waals surface area contributed by atoms with E-state index in [1.165, 1.54) is 0 Å². The fourth-order valence-electron chi connectivity index (χ4n) is 3.22. The van der Waals surface area contributed by atoms with Crippen molar-refractivity contribution in [1.29, 1.82) is 0 Å². The minimum Gasteiger partial charge on any atom is -0.478 e. The number of carbonyl (C=O) groups is 1. The summed E-state index contributed by atoms with van der Waals surface area (Å²) in [5.41, 5.74) is 1.27. The lowest BCUT2D eigenvalue weighted by Gasteiger charge is -2.37. The zero-order chi connectivity index (χ0) is 18.8. The number of aromatic carboxylic acids is 1. The largest absolute Gasteiger partial charge is 0.478 e. The number of rotatable bonds is 4. The van der Waals surface area contributed by atoms with Crippen molar-refractivity contribution in [3.63, 3.8) is 0 Å². The van der Waals surface area contributed by atoms with E-state index in [0.29, 0.717) is 26.2 Å². The molecule has 0 unspecified atom stereocenters. The quantitative estimate of drug-likeness (QED) is 0.667. The van der Waals surface area contributed by atoms with Gasteiger partial charge in [-0.25, -0.2) is 9.18 Å². The van der Waals surface area contributed by atoms with E-state index in [9.17, 15) is 19.3 Å². The third kappa shape index (κ3) is 3.30. The second kappa shape index (κ2) is 6.99. The van der Waals surface area contributed by atoms with Crippen LogP contribution in [0.1, 0.15) is 15.9 Å². The zero-order valence-corrected chi connectivity index (χ0v) is 14.2. The van der Waals surface area contributed by atoms with Gasteiger partial charge in [0.15, 0.2) is 0 Å². The molecule has 3 rings (SSSR count). The summed E-state index contributed by atoms with van der Waals surface area (Å²) < 4.78 is 14.1. The first-order valence-corrected chi connectivity index (χ1v) is 8.15. The van der Waals surface area contributed by atoms with Crippen molar-refractivity contribution in [1.82, 2.24) is 0 Å². The third-order valence-corrected chi connectivity index (χ3v) is 4.57. The summed E-state index contributed by atoms with van der Waals surface area (Å²) in [4.78, 5) is 25.6. The molecule has 2 aromatic carbocycles. The topological polar surface area (TPSA) is 86.9 Å². The number of carboxylic acid groups (broad SMARTS) is 1. The maximum Gasteiger partial charge on any atom is 0.338 e. The van der Waals surface area contributed by atoms with Crippen LogP contribution in [0.4, 0.5) is 21.5 Å². The molecule has 0 atom stereocenters. The van der Waals surface area contributed by atoms with Crippen LogP contribution in [0.25, 0.3) is 0 Å². The maximum absolute atomic E-state index is 14.1. The van der Waals surface area contributed by atoms with Crippen LogP contribution in [0.3, 0.4) is 0 Å². The highest BCUT2D eigenvalue weighted by atomic mass is 19.1. The third-order valence-electron chi connectivity index (χ3n) is 4.57. The van der Waals surface area contributed by atoms with Crippen molar-refractivity contribution in [3.05, 3.63) is 63.5 Å². The van der Waals surface area contributed by atoms with Crippen LogP contribution < -0.4 is 9.80 Å². The Bertz CT molecular complexity index is 864. The fourth-order valence-corrected chi connectivity index (χ4v) is 3.22. The Morgan fingerprint density at radius 1 is 1.12 bits per heavy atom. The van der Waals surface area contributed by atoms with Gasteiger partial charge in [0.2, 0.25) is 0 Å². The lowest BCUT2D eigenvalue weighted by atomic mass is 10.1. The lowest BCUT2D eigenvalue weighted by molar-refractivity contribution is -0.384. The molecule has 0 radical (unpaired) electrons. The Kier molecular flexibility index (Phi) is 4.75. The van der Waals surface area contributed by atoms with Gasteiger partial charge in [-0.1, -0.05) is 18.2 Å². The Morgan fingerprint density at radius 2 is 1.69 bits per heavy atom. The summed E-state index contributed by atoms with van der Waals surface area (Å²) in [6.45, 7) is 4.23. The minimum atomic E-state index is -1.53. The van der Waals surface area contributed by atoms with Crippen LogP contribution in [-0.4, -0.2) is 42.2 Å². The summed E-state index contributed by atoms with van der Waals surface area (Å²) in [6, 6.07) is 9.71. The summed E-state index contributed by atoms with van der Waals surface area (Å²) in [5.74, 6) is -2.50. The van der Waals surface area contributed by atoms with E-state index in [-0.39, 0.29) is 5.69 Å². The number of benzene rings is 2. The summed E-state index contributed by atoms with van der Waals surface area (Å²) >= 11 is 0. The highest BCUT2D eigenvalue weighted by molar-refractivity contribution is 5.90. The molecule has 1 N–H and O–H groups in total. The first kappa shape index (κ1) is 17.7. The first-order chi connectivity index (χ1) is 12.4. The second-order valence-electron chi connectivity index (χ2n) is 6.14. The van der Waals surface area contributed by atoms with Crippen LogP contribution in [0, 0.1) is 22.9 Å². The molecule has 136 valence electrons. The summed E-state index contributed by atoms with van der Waals surface area (Å²) in [6.07, 6.45) is 0. The van der Waals surface area contributed by atoms with Crippen molar-refractivity contribution in [2.24, 2.45) is 0 Å². The molecule has 26 heavy (non-hydrogen) atoms. The molecule has 1 aliphatic heterocycles. The normalized spacial score (nSPS) is 14.4. The van der Waals surface area contributed by atoms with Gasteiger partial charge < -0.3 is 14.9 Å². The number of halogens is 1. The van der Waals surface area contributed by atoms with E-state index in [0.717, 1.165) is 23.4 Å². The number of aryl methyl sites for hydroxylation is 1. The molecule has 0 saturated carbocycles. The van der Waals surface area contributed by atoms with Crippen molar-refractivity contribution in [2.45, 2.75) is 6.92 Å². The van der Waals surface area contributed by atoms with Crippen molar-refractivity contribution < 1.29 is 19.2 Å². The average Bonchev–Trinajstić information content (AvgIpc) is 2.61. The molecule has 0 spiro atoms. The standard InChI is InChI=1S/C18H18FN3O4/c1-12-4-2-3-5-15(12)20-6-8-21(9-7-20)16-11-14(19)13(18(23)24)10-17(16)22(25)26/h2-5,10-11H,6-9H2,1H3,(H,23,24). The van der Waals surface area contributed by atoms with Gasteiger partial charge in [-0.05, 0) is 18.6 Å². The Balaban J connectivity index is 1.85. The Hall–Kier alpha value is -3.16. The summed E-state index contributed by atoms with van der Waals surface area (Å²) in [5, 5.41) is 20.3. The smallest absolute Gasteiger partial charge is 0.338 e. The SMILES string of the molecule is Cc1ccccc1N1CCN(c2cc(F)c(C(=O)O)cc2[N+](=O)[O-])CC1. The van der Waals surface area contributed by atoms with Crippen molar-refractivity contribution in [3.8, 4) is 0 Å². The number of carboxylic acids is 1. The molecule has 1 saturated heterocycles. The minimum absolute atomic E-state index is 0.113. The molecular weight excluding hydrogens is 341 g/mol. The van der Waals surface area contributed by atoms with Gasteiger partial charge >= 0.3 is 5.97 Å². The monoisotopic (exact) mass is 359 g/mol. The molecule has 0 amide bonds. The zero-order valence-electron chi connectivity index (χ0n) is 14.2. The maximum atomic E-state index is 14.1. The van der Waals surface area contributed by atoms with Gasteiger partial charge in [0, 0.05) is 44.0 Å². The Morgan fingerprint density at radius 3 is 2.23 bits per heavy atom. The van der Waals surface area contributed by atoms with Gasteiger partial charge in [-0.3, -0.25) is 10.1 Å². The molecule has 0 bridgehead atoms. The van der Waals surface area contributed by atoms with Gasteiger partial charge in [0.25, 0.3) is 5.69 Å². The molecule has 8 heteroatoms. The molecule has 1 heterocycles. The van der Waals surface area contributed by atoms with Gasteiger partial charge in [0.05, 0.1) is 4.92 Å². The highest BCUT2D eigenvalue weighted by Gasteiger charge is 2.28. The number of nitrogens with zero attached hydrogens (tertiary/aromatic N) is 3. The van der Waals surface area contributed by atoms with Gasteiger partial charge in [-0.15, -0.1) is 0 Å². The van der Waals surface area contributed by atoms with Gasteiger partial charge in [0.1, 0.15) is 17.1 Å². The van der Waals surface area contributed by atoms with Crippen LogP contribution in [0.15, 0.2) is 36.4 Å². The van der Waals surface area contributed by atoms with E-state index >= 15 is 0 Å². The number of nitro groups is 1. The highest BCUT2D eigenvalue weighted by Crippen LogP contribution is 2.32. The fraction of sp³-hybridized carbons (Fsp3) is 0.278. The molecule has 2 aromatic rings. The molecule has 1 aliphatic rings. The van der Waals surface area contributed by atoms with Crippen LogP contribution in [-0.2, 0) is 0 Å². The van der Waals surface area contributed by atoms with Crippen molar-refractivity contribution in [2.75, 3.05) is 36.0 Å². The molecule has 1 fully saturated rings. The van der Waals surface area contributed by atoms with Crippen molar-refractivity contribution >= 4 is 23.0 Å². The second-order valence-corrected chi connectivity index (χ2v) is 6.14. The number of para-hydroxylation sites is 1. The number of anilines is 2. The van der Waals surface area contributed by atoms with Gasteiger partial charge in [-0.2, -0.15) is 0 Å². The number of piperazine rings is 1. The first-order valence-electron chi connectivity index (χ1n) is 8.15. The van der Waals surface area contributed by atoms with E-state index in [2.05, 4.69) is 4.90 Å². The number of hydrogen-bond acceptors (Lipinski definition) is 5. The van der Waals surface area contributed by atoms with E-state index in [4.69, 9.17) is 5.11 Å². The van der Waals surface area contributed by atoms with Crippen LogP contribution >= 0.6 is 0 Å². The summed E-state index contributed by atoms with van der Waals surface area (Å²) in [7, 11) is 0. The molecule has 0 aromatic heterocycles.